The van der Waals surface area contributed by atoms with Crippen molar-refractivity contribution in [3.8, 4) is 0 Å². The largest absolute Gasteiger partial charge is 0.370 e. The summed E-state index contributed by atoms with van der Waals surface area (Å²) in [6.07, 6.45) is 0. The second-order valence-electron chi connectivity index (χ2n) is 7.53. The number of amides is 1. The Hall–Kier alpha value is -2.35. The third-order valence-corrected chi connectivity index (χ3v) is 5.28. The number of nitrogens with two attached hydrogens (primary N) is 1. The minimum Gasteiger partial charge on any atom is -0.370 e. The first kappa shape index (κ1) is 21.4. The van der Waals surface area contributed by atoms with Crippen LogP contribution in [0.5, 0.6) is 0 Å². The number of hydrogen-bond acceptors (Lipinski definition) is 2. The van der Waals surface area contributed by atoms with Crippen molar-refractivity contribution in [1.29, 1.82) is 0 Å². The Labute approximate surface area is 170 Å². The maximum atomic E-state index is 13.8. The number of quaternary nitrogens is 2. The van der Waals surface area contributed by atoms with Crippen LogP contribution in [0.15, 0.2) is 42.5 Å². The van der Waals surface area contributed by atoms with E-state index in [1.807, 2.05) is 12.1 Å². The Morgan fingerprint density at radius 2 is 1.83 bits per heavy atom. The highest BCUT2D eigenvalue weighted by atomic mass is 19.1. The number of hydrogen-bond donors (Lipinski definition) is 3. The predicted molar refractivity (Wildman–Crippen MR) is 105 cm³/mol. The summed E-state index contributed by atoms with van der Waals surface area (Å²) in [7, 11) is 0. The molecule has 2 aromatic rings. The lowest BCUT2D eigenvalue weighted by atomic mass is 10.1. The van der Waals surface area contributed by atoms with Crippen LogP contribution in [-0.2, 0) is 22.6 Å². The van der Waals surface area contributed by atoms with Gasteiger partial charge in [-0.3, -0.25) is 4.79 Å². The number of rotatable bonds is 8. The number of halogens is 2. The molecule has 2 aromatic carbocycles. The highest BCUT2D eigenvalue weighted by Crippen LogP contribution is 2.14. The van der Waals surface area contributed by atoms with E-state index in [-0.39, 0.29) is 18.5 Å². The van der Waals surface area contributed by atoms with E-state index >= 15 is 0 Å². The molecule has 0 spiro atoms. The highest BCUT2D eigenvalue weighted by Gasteiger charge is 2.16. The summed E-state index contributed by atoms with van der Waals surface area (Å²) in [5.41, 5.74) is 2.70. The minimum absolute atomic E-state index is 0.124. The molecule has 0 radical (unpaired) electrons. The van der Waals surface area contributed by atoms with E-state index in [2.05, 4.69) is 17.4 Å². The molecule has 0 bridgehead atoms. The molecule has 0 saturated carbocycles. The van der Waals surface area contributed by atoms with Gasteiger partial charge in [-0.15, -0.1) is 0 Å². The summed E-state index contributed by atoms with van der Waals surface area (Å²) >= 11 is 0. The van der Waals surface area contributed by atoms with Crippen LogP contribution in [0.4, 0.5) is 8.78 Å². The van der Waals surface area contributed by atoms with Gasteiger partial charge >= 0.3 is 0 Å². The fourth-order valence-electron chi connectivity index (χ4n) is 3.45. The maximum Gasteiger partial charge on any atom is 0.275 e. The van der Waals surface area contributed by atoms with Gasteiger partial charge in [0.15, 0.2) is 6.54 Å². The standard InChI is InChI=1S/C22H27F2N3O2/c1-16(20-7-6-19(23)12-21(20)24)25-14-22(28)26-13-17-2-4-18(5-3-17)15-27-8-10-29-11-9-27/h2-7,12,16,25H,8-11,13-15H2,1H3,(H,26,28)/p+2/t16-/m0/s1. The zero-order valence-corrected chi connectivity index (χ0v) is 16.7. The molecular formula is C22H29F2N3O2+2. The second kappa shape index (κ2) is 10.4. The molecule has 1 saturated heterocycles. The van der Waals surface area contributed by atoms with Gasteiger partial charge in [-0.1, -0.05) is 24.3 Å². The van der Waals surface area contributed by atoms with E-state index in [1.165, 1.54) is 22.6 Å². The first-order valence-electron chi connectivity index (χ1n) is 10.1. The number of ether oxygens (including phenoxy) is 1. The summed E-state index contributed by atoms with van der Waals surface area (Å²) in [6, 6.07) is 11.5. The topological polar surface area (TPSA) is 59.4 Å². The highest BCUT2D eigenvalue weighted by molar-refractivity contribution is 5.76. The van der Waals surface area contributed by atoms with Crippen LogP contribution < -0.4 is 15.5 Å². The first-order valence-corrected chi connectivity index (χ1v) is 10.1. The molecule has 156 valence electrons. The Kier molecular flexibility index (Phi) is 7.69. The number of benzene rings is 2. The molecule has 1 heterocycles. The fraction of sp³-hybridized carbons (Fsp3) is 0.409. The second-order valence-corrected chi connectivity index (χ2v) is 7.53. The van der Waals surface area contributed by atoms with Crippen LogP contribution >= 0.6 is 0 Å². The molecule has 4 N–H and O–H groups in total. The molecule has 5 nitrogen and oxygen atoms in total. The SMILES string of the molecule is C[C@H]([NH2+]CC(=O)NCc1ccc(C[NH+]2CCOCC2)cc1)c1ccc(F)cc1F. The van der Waals surface area contributed by atoms with E-state index < -0.39 is 11.6 Å². The van der Waals surface area contributed by atoms with Crippen molar-refractivity contribution in [3.05, 3.63) is 70.8 Å². The van der Waals surface area contributed by atoms with Gasteiger partial charge in [-0.25, -0.2) is 8.78 Å². The molecule has 0 unspecified atom stereocenters. The number of nitrogens with one attached hydrogen (secondary N) is 2. The molecule has 7 heteroatoms. The maximum absolute atomic E-state index is 13.8. The average molecular weight is 405 g/mol. The van der Waals surface area contributed by atoms with Crippen LogP contribution in [0, 0.1) is 11.6 Å². The van der Waals surface area contributed by atoms with E-state index in [4.69, 9.17) is 4.74 Å². The van der Waals surface area contributed by atoms with Crippen molar-refractivity contribution in [2.45, 2.75) is 26.1 Å². The van der Waals surface area contributed by atoms with Crippen LogP contribution in [0.25, 0.3) is 0 Å². The summed E-state index contributed by atoms with van der Waals surface area (Å²) < 4.78 is 32.2. The summed E-state index contributed by atoms with van der Waals surface area (Å²) in [5, 5.41) is 4.62. The summed E-state index contributed by atoms with van der Waals surface area (Å²) in [6.45, 7) is 7.13. The van der Waals surface area contributed by atoms with E-state index in [0.717, 1.165) is 44.5 Å². The van der Waals surface area contributed by atoms with Gasteiger partial charge in [-0.2, -0.15) is 0 Å². The molecule has 1 fully saturated rings. The molecular weight excluding hydrogens is 376 g/mol. The molecule has 29 heavy (non-hydrogen) atoms. The smallest absolute Gasteiger partial charge is 0.275 e. The van der Waals surface area contributed by atoms with Crippen molar-refractivity contribution in [3.63, 3.8) is 0 Å². The summed E-state index contributed by atoms with van der Waals surface area (Å²) in [5.74, 6) is -1.32. The van der Waals surface area contributed by atoms with Gasteiger partial charge in [0, 0.05) is 23.7 Å². The summed E-state index contributed by atoms with van der Waals surface area (Å²) in [4.78, 5) is 13.6. The lowest BCUT2D eigenvalue weighted by molar-refractivity contribution is -0.921. The van der Waals surface area contributed by atoms with Crippen molar-refractivity contribution < 1.29 is 28.5 Å². The van der Waals surface area contributed by atoms with Crippen LogP contribution in [0.3, 0.4) is 0 Å². The zero-order chi connectivity index (χ0) is 20.6. The monoisotopic (exact) mass is 405 g/mol. The van der Waals surface area contributed by atoms with Crippen LogP contribution in [0.2, 0.25) is 0 Å². The van der Waals surface area contributed by atoms with E-state index in [1.54, 1.807) is 12.2 Å². The molecule has 0 aromatic heterocycles. The van der Waals surface area contributed by atoms with Gasteiger partial charge in [0.2, 0.25) is 0 Å². The normalized spacial score (nSPS) is 15.8. The predicted octanol–water partition coefficient (Wildman–Crippen LogP) is 0.321. The molecule has 0 aliphatic carbocycles. The van der Waals surface area contributed by atoms with E-state index in [9.17, 15) is 13.6 Å². The lowest BCUT2D eigenvalue weighted by Crippen LogP contribution is -3.12. The van der Waals surface area contributed by atoms with Gasteiger partial charge in [0.25, 0.3) is 5.91 Å². The fourth-order valence-corrected chi connectivity index (χ4v) is 3.45. The Morgan fingerprint density at radius 3 is 2.52 bits per heavy atom. The Bertz CT molecular complexity index is 808. The molecule has 1 aliphatic rings. The Balaban J connectivity index is 1.40. The van der Waals surface area contributed by atoms with Gasteiger partial charge < -0.3 is 20.3 Å². The first-order chi connectivity index (χ1) is 14.0. The third kappa shape index (κ3) is 6.59. The molecule has 3 rings (SSSR count). The molecule has 1 atom stereocenters. The van der Waals surface area contributed by atoms with Crippen molar-refractivity contribution in [2.24, 2.45) is 0 Å². The zero-order valence-electron chi connectivity index (χ0n) is 16.7. The van der Waals surface area contributed by atoms with Crippen LogP contribution in [-0.4, -0.2) is 38.8 Å². The van der Waals surface area contributed by atoms with Crippen molar-refractivity contribution in [1.82, 2.24) is 5.32 Å². The van der Waals surface area contributed by atoms with Gasteiger partial charge in [0.1, 0.15) is 37.3 Å². The number of morpholine rings is 1. The minimum atomic E-state index is -0.603. The number of carbonyl (C=O) groups excluding carboxylic acids is 1. The van der Waals surface area contributed by atoms with E-state index in [0.29, 0.717) is 12.1 Å². The Morgan fingerprint density at radius 1 is 1.14 bits per heavy atom. The molecule has 1 aliphatic heterocycles. The van der Waals surface area contributed by atoms with Gasteiger partial charge in [-0.05, 0) is 24.6 Å². The quantitative estimate of drug-likeness (QED) is 0.593. The van der Waals surface area contributed by atoms with Crippen LogP contribution in [0.1, 0.15) is 29.7 Å². The van der Waals surface area contributed by atoms with Crippen molar-refractivity contribution in [2.75, 3.05) is 32.8 Å². The molecule has 1 amide bonds. The average Bonchev–Trinajstić information content (AvgIpc) is 2.72. The number of carbonyl (C=O) groups is 1. The lowest BCUT2D eigenvalue weighted by Gasteiger charge is -2.23. The van der Waals surface area contributed by atoms with Crippen molar-refractivity contribution >= 4 is 5.91 Å². The van der Waals surface area contributed by atoms with Gasteiger partial charge in [0.05, 0.1) is 13.2 Å². The third-order valence-electron chi connectivity index (χ3n) is 5.28.